The fourth-order valence-corrected chi connectivity index (χ4v) is 0.215. The summed E-state index contributed by atoms with van der Waals surface area (Å²) >= 11 is 0. The maximum Gasteiger partial charge on any atom is 0.0830 e. The topological polar surface area (TPSA) is 47.3 Å². The van der Waals surface area contributed by atoms with Gasteiger partial charge in [-0.1, -0.05) is 0 Å². The molecule has 3 heteroatoms. The minimum atomic E-state index is 0.118. The van der Waals surface area contributed by atoms with Gasteiger partial charge in [0, 0.05) is 13.1 Å². The largest absolute Gasteiger partial charge is 0.326 e. The highest BCUT2D eigenvalue weighted by atomic mass is 16.6. The Bertz CT molecular complexity index is 38.7. The number of hydrogen-bond donors (Lipinski definition) is 2. The lowest BCUT2D eigenvalue weighted by Crippen LogP contribution is -2.25. The van der Waals surface area contributed by atoms with Crippen molar-refractivity contribution in [3.05, 3.63) is 0 Å². The highest BCUT2D eigenvalue weighted by Gasteiger charge is 1.88. The van der Waals surface area contributed by atoms with E-state index in [0.29, 0.717) is 6.61 Å². The van der Waals surface area contributed by atoms with Crippen molar-refractivity contribution in [1.82, 2.24) is 5.48 Å². The van der Waals surface area contributed by atoms with Crippen LogP contribution in [0.4, 0.5) is 0 Å². The Morgan fingerprint density at radius 2 is 2.43 bits per heavy atom. The maximum atomic E-state index is 5.31. The van der Waals surface area contributed by atoms with E-state index < -0.39 is 0 Å². The van der Waals surface area contributed by atoms with Crippen LogP contribution in [0.25, 0.3) is 0 Å². The third-order valence-corrected chi connectivity index (χ3v) is 0.491. The summed E-state index contributed by atoms with van der Waals surface area (Å²) in [5.74, 6) is 0. The summed E-state index contributed by atoms with van der Waals surface area (Å²) in [6.07, 6.45) is 0. The number of nitrogens with one attached hydrogen (secondary N) is 1. The van der Waals surface area contributed by atoms with Gasteiger partial charge in [0.1, 0.15) is 0 Å². The zero-order chi connectivity index (χ0) is 5.70. The van der Waals surface area contributed by atoms with Crippen LogP contribution in [0.5, 0.6) is 0 Å². The van der Waals surface area contributed by atoms with E-state index in [0.717, 1.165) is 0 Å². The molecule has 7 heavy (non-hydrogen) atoms. The van der Waals surface area contributed by atoms with Gasteiger partial charge in [0.05, 0.1) is 6.61 Å². The molecule has 0 spiro atoms. The van der Waals surface area contributed by atoms with E-state index in [4.69, 9.17) is 10.6 Å². The number of hydrogen-bond acceptors (Lipinski definition) is 3. The molecular weight excluding hydrogens is 92.1 g/mol. The van der Waals surface area contributed by atoms with Gasteiger partial charge < -0.3 is 10.6 Å². The molecule has 0 bridgehead atoms. The molecule has 0 radical (unpaired) electrons. The van der Waals surface area contributed by atoms with Gasteiger partial charge in [0.2, 0.25) is 0 Å². The van der Waals surface area contributed by atoms with E-state index in [1.807, 2.05) is 6.92 Å². The van der Waals surface area contributed by atoms with Gasteiger partial charge in [-0.25, -0.2) is 5.48 Å². The van der Waals surface area contributed by atoms with E-state index in [-0.39, 0.29) is 6.04 Å². The highest BCUT2D eigenvalue weighted by molar-refractivity contribution is 4.45. The molecule has 0 aliphatic rings. The van der Waals surface area contributed by atoms with Crippen LogP contribution in [0.2, 0.25) is 0 Å². The number of rotatable bonds is 3. The lowest BCUT2D eigenvalue weighted by atomic mass is 10.4. The second-order valence-electron chi connectivity index (χ2n) is 1.49. The van der Waals surface area contributed by atoms with Crippen molar-refractivity contribution in [2.24, 2.45) is 5.73 Å². The van der Waals surface area contributed by atoms with Crippen molar-refractivity contribution in [2.75, 3.05) is 13.7 Å². The summed E-state index contributed by atoms with van der Waals surface area (Å²) in [6, 6.07) is 0.118. The molecule has 3 nitrogen and oxygen atoms in total. The summed E-state index contributed by atoms with van der Waals surface area (Å²) in [7, 11) is 1.71. The molecule has 0 saturated heterocycles. The number of nitrogens with two attached hydrogens (primary N) is 1. The van der Waals surface area contributed by atoms with Crippen LogP contribution in [0.15, 0.2) is 0 Å². The second kappa shape index (κ2) is 4.05. The average Bonchev–Trinajstić information content (AvgIpc) is 1.61. The normalized spacial score (nSPS) is 14.1. The van der Waals surface area contributed by atoms with Crippen LogP contribution in [0, 0.1) is 0 Å². The van der Waals surface area contributed by atoms with Crippen molar-refractivity contribution < 1.29 is 4.84 Å². The predicted octanol–water partition coefficient (Wildman–Crippen LogP) is -0.515. The molecule has 0 amide bonds. The molecule has 0 aromatic carbocycles. The van der Waals surface area contributed by atoms with Crippen LogP contribution in [-0.2, 0) is 4.84 Å². The van der Waals surface area contributed by atoms with Crippen molar-refractivity contribution in [2.45, 2.75) is 13.0 Å². The van der Waals surface area contributed by atoms with Gasteiger partial charge in [-0.05, 0) is 6.92 Å². The first-order chi connectivity index (χ1) is 3.27. The first kappa shape index (κ1) is 6.88. The Kier molecular flexibility index (Phi) is 3.98. The molecule has 0 aliphatic heterocycles. The summed E-state index contributed by atoms with van der Waals surface area (Å²) in [5.41, 5.74) is 7.83. The SMILES string of the molecule is CNOC[C@H](C)N. The van der Waals surface area contributed by atoms with Crippen LogP contribution < -0.4 is 11.2 Å². The van der Waals surface area contributed by atoms with E-state index in [1.54, 1.807) is 7.05 Å². The fourth-order valence-electron chi connectivity index (χ4n) is 0.215. The molecule has 0 aromatic rings. The fraction of sp³-hybridized carbons (Fsp3) is 1.00. The van der Waals surface area contributed by atoms with Crippen molar-refractivity contribution in [1.29, 1.82) is 0 Å². The lowest BCUT2D eigenvalue weighted by molar-refractivity contribution is 0.0508. The Morgan fingerprint density at radius 3 is 2.57 bits per heavy atom. The van der Waals surface area contributed by atoms with E-state index in [1.165, 1.54) is 0 Å². The van der Waals surface area contributed by atoms with E-state index in [9.17, 15) is 0 Å². The molecule has 0 saturated carbocycles. The van der Waals surface area contributed by atoms with Crippen molar-refractivity contribution in [3.8, 4) is 0 Å². The maximum absolute atomic E-state index is 5.31. The van der Waals surface area contributed by atoms with Gasteiger partial charge in [0.25, 0.3) is 0 Å². The van der Waals surface area contributed by atoms with Gasteiger partial charge in [-0.2, -0.15) is 0 Å². The first-order valence-corrected chi connectivity index (χ1v) is 2.31. The summed E-state index contributed by atoms with van der Waals surface area (Å²) in [6.45, 7) is 2.45. The zero-order valence-electron chi connectivity index (χ0n) is 4.77. The molecule has 1 atom stereocenters. The van der Waals surface area contributed by atoms with E-state index in [2.05, 4.69) is 5.48 Å². The van der Waals surface area contributed by atoms with Crippen molar-refractivity contribution in [3.63, 3.8) is 0 Å². The quantitative estimate of drug-likeness (QED) is 0.474. The highest BCUT2D eigenvalue weighted by Crippen LogP contribution is 1.71. The smallest absolute Gasteiger partial charge is 0.0830 e. The predicted molar refractivity (Wildman–Crippen MR) is 28.7 cm³/mol. The third-order valence-electron chi connectivity index (χ3n) is 0.491. The first-order valence-electron chi connectivity index (χ1n) is 2.31. The van der Waals surface area contributed by atoms with Crippen LogP contribution in [0.3, 0.4) is 0 Å². The minimum Gasteiger partial charge on any atom is -0.326 e. The Hall–Kier alpha value is -0.120. The second-order valence-corrected chi connectivity index (χ2v) is 1.49. The molecule has 44 valence electrons. The van der Waals surface area contributed by atoms with Gasteiger partial charge in [0.15, 0.2) is 0 Å². The minimum absolute atomic E-state index is 0.118. The standard InChI is InChI=1S/C4H12N2O/c1-4(5)3-7-6-2/h4,6H,3,5H2,1-2H3/t4-/m0/s1. The summed E-state index contributed by atoms with van der Waals surface area (Å²) in [5, 5.41) is 0. The Labute approximate surface area is 43.8 Å². The van der Waals surface area contributed by atoms with Gasteiger partial charge in [-0.3, -0.25) is 0 Å². The molecular formula is C4H12N2O. The molecule has 0 heterocycles. The molecule has 3 N–H and O–H groups in total. The monoisotopic (exact) mass is 104 g/mol. The van der Waals surface area contributed by atoms with Crippen LogP contribution in [0.1, 0.15) is 6.92 Å². The Morgan fingerprint density at radius 1 is 1.86 bits per heavy atom. The molecule has 0 rings (SSSR count). The third kappa shape index (κ3) is 5.88. The van der Waals surface area contributed by atoms with Crippen LogP contribution in [-0.4, -0.2) is 19.7 Å². The van der Waals surface area contributed by atoms with Crippen LogP contribution >= 0.6 is 0 Å². The summed E-state index contributed by atoms with van der Waals surface area (Å²) < 4.78 is 0. The Balaban J connectivity index is 2.68. The molecule has 0 aliphatic carbocycles. The summed E-state index contributed by atoms with van der Waals surface area (Å²) in [4.78, 5) is 4.72. The van der Waals surface area contributed by atoms with Gasteiger partial charge >= 0.3 is 0 Å². The molecule has 0 aromatic heterocycles. The van der Waals surface area contributed by atoms with E-state index >= 15 is 0 Å². The average molecular weight is 104 g/mol. The molecule has 0 fully saturated rings. The van der Waals surface area contributed by atoms with Gasteiger partial charge in [-0.15, -0.1) is 0 Å². The zero-order valence-corrected chi connectivity index (χ0v) is 4.77. The lowest BCUT2D eigenvalue weighted by Gasteiger charge is -2.02. The van der Waals surface area contributed by atoms with Crippen molar-refractivity contribution >= 4 is 0 Å². The molecule has 0 unspecified atom stereocenters. The number of hydroxylamine groups is 1.